The van der Waals surface area contributed by atoms with E-state index >= 15 is 0 Å². The highest BCUT2D eigenvalue weighted by atomic mass is 32.1. The van der Waals surface area contributed by atoms with E-state index in [-0.39, 0.29) is 0 Å². The molecule has 19 heavy (non-hydrogen) atoms. The number of hydrogen-bond acceptors (Lipinski definition) is 6. The summed E-state index contributed by atoms with van der Waals surface area (Å²) < 4.78 is 5.45. The smallest absolute Gasteiger partial charge is 0.221 e. The van der Waals surface area contributed by atoms with Gasteiger partial charge in [-0.2, -0.15) is 0 Å². The lowest BCUT2D eigenvalue weighted by atomic mass is 10.3. The summed E-state index contributed by atoms with van der Waals surface area (Å²) in [6.07, 6.45) is 4.47. The fourth-order valence-electron chi connectivity index (χ4n) is 1.65. The Bertz CT molecular complexity index is 541. The molecule has 0 saturated heterocycles. The van der Waals surface area contributed by atoms with Crippen LogP contribution >= 0.6 is 11.3 Å². The van der Waals surface area contributed by atoms with E-state index in [2.05, 4.69) is 27.2 Å². The molecule has 0 spiro atoms. The molecule has 0 saturated carbocycles. The third kappa shape index (κ3) is 3.41. The Labute approximate surface area is 117 Å². The van der Waals surface area contributed by atoms with Crippen LogP contribution in [0.3, 0.4) is 0 Å². The first-order chi connectivity index (χ1) is 9.24. The van der Waals surface area contributed by atoms with Crippen molar-refractivity contribution in [3.05, 3.63) is 28.0 Å². The number of hydrogen-bond donors (Lipinski definition) is 1. The fraction of sp³-hybridized carbons (Fsp3) is 0.462. The molecule has 0 aliphatic carbocycles. The van der Waals surface area contributed by atoms with Crippen LogP contribution in [0.4, 0.5) is 5.82 Å². The summed E-state index contributed by atoms with van der Waals surface area (Å²) >= 11 is 1.72. The molecular weight excluding hydrogens is 260 g/mol. The molecule has 0 atom stereocenters. The molecule has 0 aromatic carbocycles. The maximum atomic E-state index is 5.45. The van der Waals surface area contributed by atoms with Gasteiger partial charge in [-0.25, -0.2) is 15.0 Å². The van der Waals surface area contributed by atoms with Crippen LogP contribution in [0.1, 0.15) is 29.3 Å². The lowest BCUT2D eigenvalue weighted by molar-refractivity contribution is 0.324. The molecule has 0 unspecified atom stereocenters. The van der Waals surface area contributed by atoms with Crippen molar-refractivity contribution in [3.63, 3.8) is 0 Å². The second kappa shape index (κ2) is 6.47. The number of rotatable bonds is 6. The Morgan fingerprint density at radius 1 is 1.26 bits per heavy atom. The number of aryl methyl sites for hydroxylation is 1. The van der Waals surface area contributed by atoms with Crippen LogP contribution in [0.15, 0.2) is 12.5 Å². The highest BCUT2D eigenvalue weighted by Crippen LogP contribution is 2.21. The SMILES string of the molecule is CCOc1ncnc(NCc2ncc(CC)s2)c1C. The highest BCUT2D eigenvalue weighted by Gasteiger charge is 2.08. The van der Waals surface area contributed by atoms with Crippen molar-refractivity contribution < 1.29 is 4.74 Å². The van der Waals surface area contributed by atoms with E-state index in [0.717, 1.165) is 22.8 Å². The second-order valence-electron chi connectivity index (χ2n) is 4.01. The van der Waals surface area contributed by atoms with E-state index < -0.39 is 0 Å². The first kappa shape index (κ1) is 13.7. The number of thiazole rings is 1. The van der Waals surface area contributed by atoms with Crippen molar-refractivity contribution >= 4 is 17.2 Å². The topological polar surface area (TPSA) is 59.9 Å². The lowest BCUT2D eigenvalue weighted by Crippen LogP contribution is -2.06. The van der Waals surface area contributed by atoms with E-state index in [9.17, 15) is 0 Å². The Balaban J connectivity index is 2.04. The third-order valence-corrected chi connectivity index (χ3v) is 3.82. The maximum Gasteiger partial charge on any atom is 0.221 e. The molecule has 2 rings (SSSR count). The average Bonchev–Trinajstić information content (AvgIpc) is 2.88. The van der Waals surface area contributed by atoms with Crippen molar-refractivity contribution in [2.24, 2.45) is 0 Å². The highest BCUT2D eigenvalue weighted by molar-refractivity contribution is 7.11. The van der Waals surface area contributed by atoms with E-state index in [1.165, 1.54) is 11.2 Å². The minimum atomic E-state index is 0.601. The largest absolute Gasteiger partial charge is 0.478 e. The van der Waals surface area contributed by atoms with E-state index in [4.69, 9.17) is 4.74 Å². The van der Waals surface area contributed by atoms with Gasteiger partial charge in [0.05, 0.1) is 18.7 Å². The Kier molecular flexibility index (Phi) is 4.68. The molecule has 6 heteroatoms. The van der Waals surface area contributed by atoms with Gasteiger partial charge in [-0.15, -0.1) is 11.3 Å². The Morgan fingerprint density at radius 2 is 2.11 bits per heavy atom. The zero-order valence-corrected chi connectivity index (χ0v) is 12.3. The van der Waals surface area contributed by atoms with Gasteiger partial charge in [0.25, 0.3) is 0 Å². The minimum Gasteiger partial charge on any atom is -0.478 e. The fourth-order valence-corrected chi connectivity index (χ4v) is 2.45. The van der Waals surface area contributed by atoms with Gasteiger partial charge in [-0.3, -0.25) is 0 Å². The summed E-state index contributed by atoms with van der Waals surface area (Å²) in [5.41, 5.74) is 0.927. The van der Waals surface area contributed by atoms with Crippen LogP contribution in [0.5, 0.6) is 5.88 Å². The quantitative estimate of drug-likeness (QED) is 0.880. The van der Waals surface area contributed by atoms with Gasteiger partial charge in [-0.1, -0.05) is 6.92 Å². The molecule has 1 N–H and O–H groups in total. The molecule has 102 valence electrons. The van der Waals surface area contributed by atoms with Crippen LogP contribution < -0.4 is 10.1 Å². The molecular formula is C13H18N4OS. The molecule has 2 aromatic heterocycles. The number of anilines is 1. The first-order valence-corrected chi connectivity index (χ1v) is 7.18. The van der Waals surface area contributed by atoms with Gasteiger partial charge < -0.3 is 10.1 Å². The molecule has 0 aliphatic heterocycles. The Morgan fingerprint density at radius 3 is 2.79 bits per heavy atom. The van der Waals surface area contributed by atoms with Crippen LogP contribution in [0, 0.1) is 6.92 Å². The maximum absolute atomic E-state index is 5.45. The predicted molar refractivity (Wildman–Crippen MR) is 76.8 cm³/mol. The zero-order valence-electron chi connectivity index (χ0n) is 11.4. The van der Waals surface area contributed by atoms with Crippen LogP contribution in [0.25, 0.3) is 0 Å². The van der Waals surface area contributed by atoms with Gasteiger partial charge in [0.2, 0.25) is 5.88 Å². The summed E-state index contributed by atoms with van der Waals surface area (Å²) in [6, 6.07) is 0. The average molecular weight is 278 g/mol. The third-order valence-electron chi connectivity index (χ3n) is 2.68. The summed E-state index contributed by atoms with van der Waals surface area (Å²) in [6.45, 7) is 7.30. The standard InChI is InChI=1S/C13H18N4OS/c1-4-10-6-14-11(19-10)7-15-12-9(3)13(18-5-2)17-8-16-12/h6,8H,4-5,7H2,1-3H3,(H,15,16,17). The zero-order chi connectivity index (χ0) is 13.7. The first-order valence-electron chi connectivity index (χ1n) is 6.36. The monoisotopic (exact) mass is 278 g/mol. The molecule has 2 aromatic rings. The Hall–Kier alpha value is -1.69. The van der Waals surface area contributed by atoms with Crippen molar-refractivity contribution in [1.29, 1.82) is 0 Å². The van der Waals surface area contributed by atoms with Crippen molar-refractivity contribution in [2.45, 2.75) is 33.7 Å². The van der Waals surface area contributed by atoms with Gasteiger partial charge >= 0.3 is 0 Å². The van der Waals surface area contributed by atoms with Gasteiger partial charge in [-0.05, 0) is 20.3 Å². The molecule has 0 radical (unpaired) electrons. The minimum absolute atomic E-state index is 0.601. The molecule has 0 fully saturated rings. The molecule has 0 amide bonds. The summed E-state index contributed by atoms with van der Waals surface area (Å²) in [5, 5.41) is 4.35. The van der Waals surface area contributed by atoms with Gasteiger partial charge in [0.1, 0.15) is 17.2 Å². The predicted octanol–water partition coefficient (Wildman–Crippen LogP) is 2.81. The van der Waals surface area contributed by atoms with Gasteiger partial charge in [0.15, 0.2) is 0 Å². The molecule has 5 nitrogen and oxygen atoms in total. The van der Waals surface area contributed by atoms with Crippen molar-refractivity contribution in [2.75, 3.05) is 11.9 Å². The van der Waals surface area contributed by atoms with Crippen molar-refractivity contribution in [1.82, 2.24) is 15.0 Å². The van der Waals surface area contributed by atoms with E-state index in [0.29, 0.717) is 19.0 Å². The summed E-state index contributed by atoms with van der Waals surface area (Å²) in [5.74, 6) is 1.43. The number of nitrogens with zero attached hydrogens (tertiary/aromatic N) is 3. The lowest BCUT2D eigenvalue weighted by Gasteiger charge is -2.10. The molecule has 2 heterocycles. The molecule has 0 bridgehead atoms. The van der Waals surface area contributed by atoms with E-state index in [1.54, 1.807) is 11.3 Å². The van der Waals surface area contributed by atoms with Crippen LogP contribution in [0.2, 0.25) is 0 Å². The van der Waals surface area contributed by atoms with Crippen LogP contribution in [-0.2, 0) is 13.0 Å². The number of aromatic nitrogens is 3. The normalized spacial score (nSPS) is 10.5. The van der Waals surface area contributed by atoms with Gasteiger partial charge in [0, 0.05) is 11.1 Å². The van der Waals surface area contributed by atoms with E-state index in [1.807, 2.05) is 20.0 Å². The number of ether oxygens (including phenoxy) is 1. The summed E-state index contributed by atoms with van der Waals surface area (Å²) in [4.78, 5) is 14.0. The van der Waals surface area contributed by atoms with Crippen molar-refractivity contribution in [3.8, 4) is 5.88 Å². The van der Waals surface area contributed by atoms with Crippen LogP contribution in [-0.4, -0.2) is 21.6 Å². The number of nitrogens with one attached hydrogen (secondary N) is 1. The summed E-state index contributed by atoms with van der Waals surface area (Å²) in [7, 11) is 0. The molecule has 0 aliphatic rings. The second-order valence-corrected chi connectivity index (χ2v) is 5.21.